The highest BCUT2D eigenvalue weighted by Gasteiger charge is 1.91. The maximum Gasteiger partial charge on any atom is 0.113 e. The molecule has 1 aromatic carbocycles. The summed E-state index contributed by atoms with van der Waals surface area (Å²) >= 11 is 0. The second kappa shape index (κ2) is 7.35. The van der Waals surface area contributed by atoms with Crippen LogP contribution in [0.5, 0.6) is 0 Å². The van der Waals surface area contributed by atoms with Crippen LogP contribution in [0, 0.1) is 0 Å². The molecule has 1 rings (SSSR count). The van der Waals surface area contributed by atoms with E-state index in [0.717, 1.165) is 5.56 Å². The average molecular weight is 215 g/mol. The Balaban J connectivity index is 2.30. The molecule has 0 spiro atoms. The first-order valence-corrected chi connectivity index (χ1v) is 5.19. The van der Waals surface area contributed by atoms with Crippen molar-refractivity contribution >= 4 is 0 Å². The number of benzene rings is 1. The van der Waals surface area contributed by atoms with Crippen LogP contribution < -0.4 is 5.32 Å². The van der Waals surface area contributed by atoms with Crippen molar-refractivity contribution in [1.29, 1.82) is 0 Å². The van der Waals surface area contributed by atoms with Gasteiger partial charge in [-0.3, -0.25) is 0 Å². The lowest BCUT2D eigenvalue weighted by Crippen LogP contribution is -1.91. The van der Waals surface area contributed by atoms with Gasteiger partial charge in [0, 0.05) is 7.05 Å². The fourth-order valence-electron chi connectivity index (χ4n) is 1.11. The fraction of sp³-hybridized carbons (Fsp3) is 0.143. The van der Waals surface area contributed by atoms with E-state index in [2.05, 4.69) is 11.9 Å². The van der Waals surface area contributed by atoms with E-state index in [-0.39, 0.29) is 0 Å². The minimum absolute atomic E-state index is 0.555. The molecule has 0 saturated heterocycles. The fourth-order valence-corrected chi connectivity index (χ4v) is 1.11. The third-order valence-corrected chi connectivity index (χ3v) is 1.92. The Morgan fingerprint density at radius 3 is 2.75 bits per heavy atom. The number of rotatable bonds is 6. The van der Waals surface area contributed by atoms with Crippen LogP contribution in [0.1, 0.15) is 5.56 Å². The zero-order chi connectivity index (χ0) is 11.6. The summed E-state index contributed by atoms with van der Waals surface area (Å²) in [6, 6.07) is 10.0. The van der Waals surface area contributed by atoms with Crippen LogP contribution in [-0.2, 0) is 11.3 Å². The Morgan fingerprint density at radius 1 is 1.31 bits per heavy atom. The Hall–Kier alpha value is -1.96. The summed E-state index contributed by atoms with van der Waals surface area (Å²) in [5.41, 5.74) is 1.14. The van der Waals surface area contributed by atoms with Crippen molar-refractivity contribution in [2.75, 3.05) is 7.05 Å². The van der Waals surface area contributed by atoms with E-state index in [1.54, 1.807) is 0 Å². The maximum atomic E-state index is 5.47. The molecule has 0 unspecified atom stereocenters. The summed E-state index contributed by atoms with van der Waals surface area (Å²) < 4.78 is 5.47. The van der Waals surface area contributed by atoms with Crippen molar-refractivity contribution in [3.8, 4) is 0 Å². The van der Waals surface area contributed by atoms with Gasteiger partial charge in [-0.25, -0.2) is 0 Å². The van der Waals surface area contributed by atoms with Crippen LogP contribution in [-0.4, -0.2) is 7.05 Å². The van der Waals surface area contributed by atoms with Gasteiger partial charge in [-0.1, -0.05) is 43.0 Å². The number of nitrogens with one attached hydrogen (secondary N) is 1. The van der Waals surface area contributed by atoms with E-state index < -0.39 is 0 Å². The number of allylic oxidation sites excluding steroid dienone is 3. The predicted molar refractivity (Wildman–Crippen MR) is 67.7 cm³/mol. The van der Waals surface area contributed by atoms with Gasteiger partial charge in [-0.15, -0.1) is 0 Å². The molecule has 0 heterocycles. The van der Waals surface area contributed by atoms with Crippen molar-refractivity contribution in [2.45, 2.75) is 6.61 Å². The largest absolute Gasteiger partial charge is 0.490 e. The molecule has 0 aliphatic heterocycles. The van der Waals surface area contributed by atoms with Crippen LogP contribution in [0.15, 0.2) is 67.1 Å². The minimum Gasteiger partial charge on any atom is -0.490 e. The third-order valence-electron chi connectivity index (χ3n) is 1.92. The Labute approximate surface area is 96.9 Å². The number of hydrogen-bond acceptors (Lipinski definition) is 2. The van der Waals surface area contributed by atoms with E-state index >= 15 is 0 Å². The molecule has 2 nitrogen and oxygen atoms in total. The molecule has 1 N–H and O–H groups in total. The van der Waals surface area contributed by atoms with E-state index in [1.165, 1.54) is 0 Å². The summed E-state index contributed by atoms with van der Waals surface area (Å²) in [5, 5.41) is 2.90. The Kier molecular flexibility index (Phi) is 5.56. The first kappa shape index (κ1) is 12.1. The summed E-state index contributed by atoms with van der Waals surface area (Å²) in [7, 11) is 1.85. The zero-order valence-corrected chi connectivity index (χ0v) is 9.52. The molecular weight excluding hydrogens is 198 g/mol. The monoisotopic (exact) mass is 215 g/mol. The molecule has 2 heteroatoms. The molecule has 84 valence electrons. The van der Waals surface area contributed by atoms with Crippen molar-refractivity contribution in [1.82, 2.24) is 5.32 Å². The Bertz CT molecular complexity index is 366. The maximum absolute atomic E-state index is 5.47. The molecular formula is C14H17NO. The summed E-state index contributed by atoms with van der Waals surface area (Å²) in [4.78, 5) is 0. The minimum atomic E-state index is 0.555. The van der Waals surface area contributed by atoms with Gasteiger partial charge in [-0.2, -0.15) is 0 Å². The smallest absolute Gasteiger partial charge is 0.113 e. The van der Waals surface area contributed by atoms with Gasteiger partial charge in [0.15, 0.2) is 0 Å². The van der Waals surface area contributed by atoms with E-state index in [4.69, 9.17) is 4.74 Å². The lowest BCUT2D eigenvalue weighted by atomic mass is 10.2. The average Bonchev–Trinajstić information content (AvgIpc) is 2.33. The highest BCUT2D eigenvalue weighted by Crippen LogP contribution is 2.05. The molecule has 0 fully saturated rings. The molecule has 0 saturated carbocycles. The third kappa shape index (κ3) is 5.05. The Morgan fingerprint density at radius 2 is 2.06 bits per heavy atom. The molecule has 0 bridgehead atoms. The first-order chi connectivity index (χ1) is 7.83. The van der Waals surface area contributed by atoms with Crippen LogP contribution in [0.3, 0.4) is 0 Å². The quantitative estimate of drug-likeness (QED) is 0.582. The molecule has 16 heavy (non-hydrogen) atoms. The molecule has 0 atom stereocenters. The predicted octanol–water partition coefficient (Wildman–Crippen LogP) is 3.01. The lowest BCUT2D eigenvalue weighted by molar-refractivity contribution is 0.212. The SMILES string of the molecule is C=C(/C=C\C=C/NC)OCc1ccccc1. The summed E-state index contributed by atoms with van der Waals surface area (Å²) in [5.74, 6) is 0.657. The highest BCUT2D eigenvalue weighted by atomic mass is 16.5. The van der Waals surface area contributed by atoms with Gasteiger partial charge >= 0.3 is 0 Å². The van der Waals surface area contributed by atoms with Crippen LogP contribution >= 0.6 is 0 Å². The van der Waals surface area contributed by atoms with E-state index in [1.807, 2.05) is 61.8 Å². The van der Waals surface area contributed by atoms with Gasteiger partial charge in [0.1, 0.15) is 12.4 Å². The van der Waals surface area contributed by atoms with Gasteiger partial charge in [-0.05, 0) is 23.9 Å². The summed E-state index contributed by atoms with van der Waals surface area (Å²) in [6.45, 7) is 4.36. The zero-order valence-electron chi connectivity index (χ0n) is 9.52. The normalized spacial score (nSPS) is 10.8. The first-order valence-electron chi connectivity index (χ1n) is 5.19. The number of hydrogen-bond donors (Lipinski definition) is 1. The van der Waals surface area contributed by atoms with Gasteiger partial charge in [0.05, 0.1) is 0 Å². The second-order valence-corrected chi connectivity index (χ2v) is 3.25. The molecule has 0 aromatic heterocycles. The van der Waals surface area contributed by atoms with Crippen molar-refractivity contribution in [3.05, 3.63) is 72.7 Å². The summed E-state index contributed by atoms with van der Waals surface area (Å²) in [6.07, 6.45) is 7.43. The van der Waals surface area contributed by atoms with Crippen LogP contribution in [0.4, 0.5) is 0 Å². The lowest BCUT2D eigenvalue weighted by Gasteiger charge is -2.04. The van der Waals surface area contributed by atoms with Gasteiger partial charge < -0.3 is 10.1 Å². The molecule has 0 radical (unpaired) electrons. The van der Waals surface area contributed by atoms with Crippen LogP contribution in [0.25, 0.3) is 0 Å². The molecule has 0 aliphatic carbocycles. The number of ether oxygens (including phenoxy) is 1. The van der Waals surface area contributed by atoms with Crippen molar-refractivity contribution in [2.24, 2.45) is 0 Å². The highest BCUT2D eigenvalue weighted by molar-refractivity contribution is 5.16. The molecule has 0 amide bonds. The molecule has 1 aromatic rings. The molecule has 0 aliphatic rings. The standard InChI is InChI=1S/C14H17NO/c1-13(8-6-7-11-15-2)16-12-14-9-4-3-5-10-14/h3-11,15H,1,12H2,2H3/b8-6-,11-7-. The topological polar surface area (TPSA) is 21.3 Å². The van der Waals surface area contributed by atoms with Gasteiger partial charge in [0.2, 0.25) is 0 Å². The van der Waals surface area contributed by atoms with E-state index in [0.29, 0.717) is 12.4 Å². The van der Waals surface area contributed by atoms with Crippen LogP contribution in [0.2, 0.25) is 0 Å². The van der Waals surface area contributed by atoms with Crippen molar-refractivity contribution in [3.63, 3.8) is 0 Å². The second-order valence-electron chi connectivity index (χ2n) is 3.25. The van der Waals surface area contributed by atoms with Gasteiger partial charge in [0.25, 0.3) is 0 Å². The van der Waals surface area contributed by atoms with E-state index in [9.17, 15) is 0 Å². The van der Waals surface area contributed by atoms with Crippen molar-refractivity contribution < 1.29 is 4.74 Å².